The van der Waals surface area contributed by atoms with Crippen LogP contribution in [0.1, 0.15) is 21.6 Å². The molecule has 0 aliphatic rings. The summed E-state index contributed by atoms with van der Waals surface area (Å²) in [4.78, 5) is 12.8. The van der Waals surface area contributed by atoms with Gasteiger partial charge in [-0.05, 0) is 36.8 Å². The molecule has 1 amide bonds. The number of benzene rings is 2. The van der Waals surface area contributed by atoms with E-state index in [2.05, 4.69) is 10.4 Å². The zero-order chi connectivity index (χ0) is 19.4. The van der Waals surface area contributed by atoms with Crippen molar-refractivity contribution < 1.29 is 14.3 Å². The minimum Gasteiger partial charge on any atom is -0.496 e. The van der Waals surface area contributed by atoms with E-state index < -0.39 is 0 Å². The van der Waals surface area contributed by atoms with Crippen LogP contribution in [0.25, 0.3) is 0 Å². The molecule has 140 valence electrons. The van der Waals surface area contributed by atoms with Crippen molar-refractivity contribution in [3.63, 3.8) is 0 Å². The molecule has 1 aromatic heterocycles. The van der Waals surface area contributed by atoms with Gasteiger partial charge < -0.3 is 14.8 Å². The average Bonchev–Trinajstić information content (AvgIpc) is 2.99. The van der Waals surface area contributed by atoms with Crippen molar-refractivity contribution in [1.82, 2.24) is 9.78 Å². The lowest BCUT2D eigenvalue weighted by molar-refractivity contribution is 0.102. The van der Waals surface area contributed by atoms with Crippen LogP contribution in [0.15, 0.2) is 48.5 Å². The molecule has 27 heavy (non-hydrogen) atoms. The molecule has 7 heteroatoms. The highest BCUT2D eigenvalue weighted by Crippen LogP contribution is 2.29. The average molecular weight is 386 g/mol. The second-order valence-electron chi connectivity index (χ2n) is 5.95. The maximum absolute atomic E-state index is 12.8. The van der Waals surface area contributed by atoms with Gasteiger partial charge in [-0.1, -0.05) is 29.8 Å². The first-order valence-corrected chi connectivity index (χ1v) is 8.71. The quantitative estimate of drug-likeness (QED) is 0.691. The van der Waals surface area contributed by atoms with Crippen LogP contribution < -0.4 is 14.8 Å². The van der Waals surface area contributed by atoms with Gasteiger partial charge in [0.05, 0.1) is 20.8 Å². The minimum absolute atomic E-state index is 0.324. The van der Waals surface area contributed by atoms with Gasteiger partial charge in [-0.25, -0.2) is 0 Å². The Kier molecular flexibility index (Phi) is 5.66. The topological polar surface area (TPSA) is 65.4 Å². The summed E-state index contributed by atoms with van der Waals surface area (Å²) in [6, 6.07) is 14.6. The summed E-state index contributed by atoms with van der Waals surface area (Å²) >= 11 is 6.04. The number of carbonyl (C=O) groups excluding carboxylic acids is 1. The van der Waals surface area contributed by atoms with Crippen molar-refractivity contribution in [1.29, 1.82) is 0 Å². The Labute approximate surface area is 162 Å². The molecule has 0 aliphatic heterocycles. The smallest absolute Gasteiger partial charge is 0.264 e. The third kappa shape index (κ3) is 4.23. The number of hydrogen-bond donors (Lipinski definition) is 1. The van der Waals surface area contributed by atoms with E-state index in [1.807, 2.05) is 37.3 Å². The SMILES string of the molecule is COc1cccc(OC)c1C(=O)Nc1cc(C)n(Cc2cccc(Cl)c2)n1. The molecular weight excluding hydrogens is 366 g/mol. The molecule has 2 aromatic carbocycles. The Morgan fingerprint density at radius 1 is 1.11 bits per heavy atom. The van der Waals surface area contributed by atoms with Crippen LogP contribution in [0.2, 0.25) is 5.02 Å². The molecule has 1 N–H and O–H groups in total. The van der Waals surface area contributed by atoms with Gasteiger partial charge in [0.1, 0.15) is 17.1 Å². The Hall–Kier alpha value is -2.99. The molecule has 3 rings (SSSR count). The normalized spacial score (nSPS) is 10.5. The third-order valence-corrected chi connectivity index (χ3v) is 4.33. The van der Waals surface area contributed by atoms with Gasteiger partial charge in [-0.2, -0.15) is 5.10 Å². The summed E-state index contributed by atoms with van der Waals surface area (Å²) in [5, 5.41) is 7.96. The van der Waals surface area contributed by atoms with Crippen molar-refractivity contribution in [2.45, 2.75) is 13.5 Å². The molecular formula is C20H20ClN3O3. The number of carbonyl (C=O) groups is 1. The number of halogens is 1. The van der Waals surface area contributed by atoms with Gasteiger partial charge >= 0.3 is 0 Å². The fourth-order valence-electron chi connectivity index (χ4n) is 2.79. The number of hydrogen-bond acceptors (Lipinski definition) is 4. The fraction of sp³-hybridized carbons (Fsp3) is 0.200. The zero-order valence-electron chi connectivity index (χ0n) is 15.3. The number of rotatable bonds is 6. The van der Waals surface area contributed by atoms with Crippen LogP contribution >= 0.6 is 11.6 Å². The van der Waals surface area contributed by atoms with Gasteiger partial charge in [0.2, 0.25) is 0 Å². The van der Waals surface area contributed by atoms with Crippen LogP contribution in [-0.4, -0.2) is 29.9 Å². The number of nitrogens with zero attached hydrogens (tertiary/aromatic N) is 2. The summed E-state index contributed by atoms with van der Waals surface area (Å²) in [5.74, 6) is 0.966. The van der Waals surface area contributed by atoms with Gasteiger partial charge in [-0.3, -0.25) is 9.48 Å². The number of nitrogens with one attached hydrogen (secondary N) is 1. The third-order valence-electron chi connectivity index (χ3n) is 4.10. The Bertz CT molecular complexity index is 947. The summed E-state index contributed by atoms with van der Waals surface area (Å²) < 4.78 is 12.4. The second-order valence-corrected chi connectivity index (χ2v) is 6.39. The largest absolute Gasteiger partial charge is 0.496 e. The van der Waals surface area contributed by atoms with E-state index in [0.717, 1.165) is 11.3 Å². The molecule has 0 unspecified atom stereocenters. The molecule has 0 bridgehead atoms. The van der Waals surface area contributed by atoms with Crippen LogP contribution in [0.3, 0.4) is 0 Å². The molecule has 0 saturated heterocycles. The maximum atomic E-state index is 12.8. The van der Waals surface area contributed by atoms with Crippen LogP contribution in [0, 0.1) is 6.92 Å². The van der Waals surface area contributed by atoms with E-state index in [1.165, 1.54) is 14.2 Å². The van der Waals surface area contributed by atoms with Gasteiger partial charge in [0.15, 0.2) is 5.82 Å². The molecule has 0 aliphatic carbocycles. The monoisotopic (exact) mass is 385 g/mol. The lowest BCUT2D eigenvalue weighted by Crippen LogP contribution is -2.15. The van der Waals surface area contributed by atoms with Crippen molar-refractivity contribution in [3.05, 3.63) is 70.4 Å². The fourth-order valence-corrected chi connectivity index (χ4v) is 3.01. The van der Waals surface area contributed by atoms with Crippen molar-refractivity contribution in [3.8, 4) is 11.5 Å². The van der Waals surface area contributed by atoms with Crippen molar-refractivity contribution in [2.75, 3.05) is 19.5 Å². The van der Waals surface area contributed by atoms with E-state index in [0.29, 0.717) is 34.4 Å². The summed E-state index contributed by atoms with van der Waals surface area (Å²) in [6.45, 7) is 2.48. The molecule has 0 atom stereocenters. The highest BCUT2D eigenvalue weighted by atomic mass is 35.5. The van der Waals surface area contributed by atoms with E-state index in [9.17, 15) is 4.79 Å². The Morgan fingerprint density at radius 2 is 1.78 bits per heavy atom. The number of amides is 1. The van der Waals surface area contributed by atoms with E-state index in [-0.39, 0.29) is 5.91 Å². The minimum atomic E-state index is -0.350. The molecule has 0 radical (unpaired) electrons. The molecule has 0 spiro atoms. The van der Waals surface area contributed by atoms with Gasteiger partial charge in [0.25, 0.3) is 5.91 Å². The Balaban J connectivity index is 1.82. The van der Waals surface area contributed by atoms with Crippen LogP contribution in [-0.2, 0) is 6.54 Å². The molecule has 3 aromatic rings. The first kappa shape index (κ1) is 18.8. The standard InChI is InChI=1S/C20H20ClN3O3/c1-13-10-18(23-24(13)12-14-6-4-7-15(21)11-14)22-20(25)19-16(26-2)8-5-9-17(19)27-3/h4-11H,12H2,1-3H3,(H,22,23,25). The molecule has 1 heterocycles. The maximum Gasteiger partial charge on any atom is 0.264 e. The highest BCUT2D eigenvalue weighted by Gasteiger charge is 2.19. The lowest BCUT2D eigenvalue weighted by Gasteiger charge is -2.12. The number of anilines is 1. The molecule has 0 fully saturated rings. The number of aromatic nitrogens is 2. The van der Waals surface area contributed by atoms with Crippen LogP contribution in [0.5, 0.6) is 11.5 Å². The van der Waals surface area contributed by atoms with Gasteiger partial charge in [0, 0.05) is 16.8 Å². The Morgan fingerprint density at radius 3 is 2.41 bits per heavy atom. The predicted octanol–water partition coefficient (Wildman–Crippen LogP) is 4.16. The predicted molar refractivity (Wildman–Crippen MR) is 105 cm³/mol. The first-order valence-electron chi connectivity index (χ1n) is 8.33. The number of ether oxygens (including phenoxy) is 2. The van der Waals surface area contributed by atoms with E-state index >= 15 is 0 Å². The lowest BCUT2D eigenvalue weighted by atomic mass is 10.1. The van der Waals surface area contributed by atoms with Crippen molar-refractivity contribution in [2.24, 2.45) is 0 Å². The summed E-state index contributed by atoms with van der Waals surface area (Å²) in [6.07, 6.45) is 0. The molecule has 0 saturated carbocycles. The van der Waals surface area contributed by atoms with E-state index in [1.54, 1.807) is 22.9 Å². The number of methoxy groups -OCH3 is 2. The second kappa shape index (κ2) is 8.14. The summed E-state index contributed by atoms with van der Waals surface area (Å²) in [5.41, 5.74) is 2.26. The highest BCUT2D eigenvalue weighted by molar-refractivity contribution is 6.30. The molecule has 6 nitrogen and oxygen atoms in total. The summed E-state index contributed by atoms with van der Waals surface area (Å²) in [7, 11) is 3.02. The van der Waals surface area contributed by atoms with Gasteiger partial charge in [-0.15, -0.1) is 0 Å². The van der Waals surface area contributed by atoms with E-state index in [4.69, 9.17) is 21.1 Å². The zero-order valence-corrected chi connectivity index (χ0v) is 16.1. The number of aryl methyl sites for hydroxylation is 1. The van der Waals surface area contributed by atoms with Crippen LogP contribution in [0.4, 0.5) is 5.82 Å². The first-order chi connectivity index (χ1) is 13.0. The van der Waals surface area contributed by atoms with Crippen molar-refractivity contribution >= 4 is 23.3 Å².